The van der Waals surface area contributed by atoms with Gasteiger partial charge in [-0.1, -0.05) is 17.7 Å². The molecule has 0 unspecified atom stereocenters. The Hall–Kier alpha value is -4.42. The minimum absolute atomic E-state index is 0.0218. The molecule has 0 radical (unpaired) electrons. The van der Waals surface area contributed by atoms with Gasteiger partial charge in [-0.25, -0.2) is 21.2 Å². The van der Waals surface area contributed by atoms with Crippen LogP contribution in [0.1, 0.15) is 18.1 Å². The largest absolute Gasteiger partial charge is 0.494 e. The lowest BCUT2D eigenvalue weighted by atomic mass is 10.1. The van der Waals surface area contributed by atoms with E-state index in [0.29, 0.717) is 18.0 Å². The van der Waals surface area contributed by atoms with Crippen molar-refractivity contribution in [2.75, 3.05) is 27.5 Å². The second-order valence-corrected chi connectivity index (χ2v) is 12.9. The van der Waals surface area contributed by atoms with Crippen molar-refractivity contribution in [3.05, 3.63) is 108 Å². The molecule has 0 saturated heterocycles. The van der Waals surface area contributed by atoms with E-state index in [9.17, 15) is 26.0 Å². The summed E-state index contributed by atoms with van der Waals surface area (Å²) in [7, 11) is -8.14. The minimum atomic E-state index is -4.24. The highest BCUT2D eigenvalue weighted by Crippen LogP contribution is 2.26. The van der Waals surface area contributed by atoms with Crippen LogP contribution in [0.5, 0.6) is 5.75 Å². The summed E-state index contributed by atoms with van der Waals surface area (Å²) in [5.74, 6) is -0.779. The molecule has 0 bridgehead atoms. The Morgan fingerprint density at radius 1 is 0.833 bits per heavy atom. The highest BCUT2D eigenvalue weighted by Gasteiger charge is 2.27. The number of rotatable bonds is 11. The Bertz CT molecular complexity index is 1780. The minimum Gasteiger partial charge on any atom is -0.494 e. The maximum Gasteiger partial charge on any atom is 0.264 e. The van der Waals surface area contributed by atoms with Crippen LogP contribution in [0.4, 0.5) is 21.5 Å². The quantitative estimate of drug-likeness (QED) is 0.232. The normalized spacial score (nSPS) is 11.5. The number of nitrogens with zero attached hydrogens (tertiary/aromatic N) is 1. The fraction of sp³-hybridized carbons (Fsp3) is 0.167. The molecule has 4 aromatic carbocycles. The van der Waals surface area contributed by atoms with E-state index in [1.165, 1.54) is 60.7 Å². The van der Waals surface area contributed by atoms with Crippen molar-refractivity contribution in [1.29, 1.82) is 0 Å². The lowest BCUT2D eigenvalue weighted by Crippen LogP contribution is -2.38. The molecule has 12 heteroatoms. The summed E-state index contributed by atoms with van der Waals surface area (Å²) in [6, 6.07) is 21.3. The van der Waals surface area contributed by atoms with Crippen molar-refractivity contribution in [3.8, 4) is 5.75 Å². The Labute approximate surface area is 245 Å². The molecular weight excluding hydrogens is 581 g/mol. The van der Waals surface area contributed by atoms with Crippen molar-refractivity contribution in [1.82, 2.24) is 0 Å². The number of benzene rings is 4. The first kappa shape index (κ1) is 30.5. The van der Waals surface area contributed by atoms with Gasteiger partial charge in [0.2, 0.25) is 5.91 Å². The van der Waals surface area contributed by atoms with E-state index in [1.807, 2.05) is 13.0 Å². The fourth-order valence-electron chi connectivity index (χ4n) is 4.10. The summed E-state index contributed by atoms with van der Waals surface area (Å²) in [6.45, 7) is 5.29. The smallest absolute Gasteiger partial charge is 0.264 e. The highest BCUT2D eigenvalue weighted by atomic mass is 32.2. The van der Waals surface area contributed by atoms with E-state index in [2.05, 4.69) is 10.0 Å². The molecule has 220 valence electrons. The summed E-state index contributed by atoms with van der Waals surface area (Å²) in [5.41, 5.74) is 2.56. The molecule has 0 atom stereocenters. The fourth-order valence-corrected chi connectivity index (χ4v) is 6.66. The molecule has 2 N–H and O–H groups in total. The molecule has 0 aliphatic carbocycles. The zero-order valence-corrected chi connectivity index (χ0v) is 24.8. The highest BCUT2D eigenvalue weighted by molar-refractivity contribution is 7.93. The van der Waals surface area contributed by atoms with Gasteiger partial charge < -0.3 is 10.1 Å². The molecule has 0 aliphatic rings. The van der Waals surface area contributed by atoms with Crippen LogP contribution in [-0.4, -0.2) is 35.9 Å². The number of hydrogen-bond donors (Lipinski definition) is 2. The number of halogens is 1. The molecule has 42 heavy (non-hydrogen) atoms. The van der Waals surface area contributed by atoms with Gasteiger partial charge in [0.05, 0.1) is 27.8 Å². The summed E-state index contributed by atoms with van der Waals surface area (Å²) in [5, 5.41) is 2.59. The number of carbonyl (C=O) groups excluding carboxylic acids is 1. The summed E-state index contributed by atoms with van der Waals surface area (Å²) >= 11 is 0. The Morgan fingerprint density at radius 3 is 2.05 bits per heavy atom. The number of nitrogens with one attached hydrogen (secondary N) is 2. The zero-order chi connectivity index (χ0) is 30.5. The summed E-state index contributed by atoms with van der Waals surface area (Å²) in [4.78, 5) is 12.9. The van der Waals surface area contributed by atoms with Gasteiger partial charge in [-0.2, -0.15) is 0 Å². The Balaban J connectivity index is 1.52. The first-order valence-electron chi connectivity index (χ1n) is 12.9. The van der Waals surface area contributed by atoms with Gasteiger partial charge in [-0.05, 0) is 105 Å². The third-order valence-corrected chi connectivity index (χ3v) is 9.37. The van der Waals surface area contributed by atoms with Crippen molar-refractivity contribution in [2.45, 2.75) is 30.6 Å². The molecule has 0 aromatic heterocycles. The van der Waals surface area contributed by atoms with E-state index in [0.717, 1.165) is 27.6 Å². The summed E-state index contributed by atoms with van der Waals surface area (Å²) < 4.78 is 75.3. The zero-order valence-electron chi connectivity index (χ0n) is 23.2. The van der Waals surface area contributed by atoms with Crippen molar-refractivity contribution < 1.29 is 30.8 Å². The number of aryl methyl sites for hydroxylation is 2. The molecule has 0 saturated carbocycles. The summed E-state index contributed by atoms with van der Waals surface area (Å²) in [6.07, 6.45) is 0. The second-order valence-electron chi connectivity index (χ2n) is 9.39. The number of hydrogen-bond acceptors (Lipinski definition) is 6. The number of amides is 1. The number of carbonyl (C=O) groups is 1. The third kappa shape index (κ3) is 7.25. The topological polar surface area (TPSA) is 122 Å². The van der Waals surface area contributed by atoms with Crippen molar-refractivity contribution in [2.24, 2.45) is 0 Å². The first-order valence-corrected chi connectivity index (χ1v) is 15.8. The van der Waals surface area contributed by atoms with Gasteiger partial charge in [-0.3, -0.25) is 13.8 Å². The van der Waals surface area contributed by atoms with Gasteiger partial charge >= 0.3 is 0 Å². The first-order chi connectivity index (χ1) is 19.9. The molecule has 0 heterocycles. The predicted molar refractivity (Wildman–Crippen MR) is 160 cm³/mol. The van der Waals surface area contributed by atoms with Crippen LogP contribution in [0.3, 0.4) is 0 Å². The van der Waals surface area contributed by atoms with Crippen LogP contribution < -0.4 is 19.1 Å². The van der Waals surface area contributed by atoms with Gasteiger partial charge in [0.1, 0.15) is 18.1 Å². The lowest BCUT2D eigenvalue weighted by molar-refractivity contribution is -0.114. The second kappa shape index (κ2) is 12.6. The average molecular weight is 612 g/mol. The van der Waals surface area contributed by atoms with E-state index >= 15 is 0 Å². The van der Waals surface area contributed by atoms with Crippen LogP contribution in [0.2, 0.25) is 0 Å². The van der Waals surface area contributed by atoms with Crippen LogP contribution in [0.15, 0.2) is 101 Å². The molecule has 1 amide bonds. The standard InChI is InChI=1S/C30H30FN3O6S2/c1-4-40-26-12-16-28(17-13-26)42(38,39)34(25-10-6-23(31)7-11-25)20-30(35)32-24-8-14-27(15-9-24)41(36,37)33-29-18-5-21(2)19-22(29)3/h5-19,33H,4,20H2,1-3H3,(H,32,35). The van der Waals surface area contributed by atoms with Gasteiger partial charge in [0, 0.05) is 5.69 Å². The lowest BCUT2D eigenvalue weighted by Gasteiger charge is -2.24. The van der Waals surface area contributed by atoms with Gasteiger partial charge in [-0.15, -0.1) is 0 Å². The molecule has 4 aromatic rings. The van der Waals surface area contributed by atoms with Gasteiger partial charge in [0.25, 0.3) is 20.0 Å². The van der Waals surface area contributed by atoms with Crippen LogP contribution in [-0.2, 0) is 24.8 Å². The maximum atomic E-state index is 13.6. The van der Waals surface area contributed by atoms with E-state index in [1.54, 1.807) is 26.0 Å². The van der Waals surface area contributed by atoms with Crippen LogP contribution >= 0.6 is 0 Å². The molecule has 0 spiro atoms. The van der Waals surface area contributed by atoms with Gasteiger partial charge in [0.15, 0.2) is 0 Å². The molecule has 0 aliphatic heterocycles. The molecule has 0 fully saturated rings. The number of anilines is 3. The van der Waals surface area contributed by atoms with E-state index in [-0.39, 0.29) is 21.2 Å². The Morgan fingerprint density at radius 2 is 1.45 bits per heavy atom. The monoisotopic (exact) mass is 611 g/mol. The van der Waals surface area contributed by atoms with Crippen molar-refractivity contribution >= 4 is 43.0 Å². The average Bonchev–Trinajstić information content (AvgIpc) is 2.94. The molecular formula is C30H30FN3O6S2. The van der Waals surface area contributed by atoms with Crippen molar-refractivity contribution in [3.63, 3.8) is 0 Å². The van der Waals surface area contributed by atoms with E-state index < -0.39 is 38.3 Å². The molecule has 9 nitrogen and oxygen atoms in total. The van der Waals surface area contributed by atoms with E-state index in [4.69, 9.17) is 4.74 Å². The van der Waals surface area contributed by atoms with Crippen LogP contribution in [0, 0.1) is 19.7 Å². The molecule has 4 rings (SSSR count). The van der Waals surface area contributed by atoms with Crippen LogP contribution in [0.25, 0.3) is 0 Å². The number of sulfonamides is 2. The maximum absolute atomic E-state index is 13.6. The number of ether oxygens (including phenoxy) is 1. The predicted octanol–water partition coefficient (Wildman–Crippen LogP) is 5.48. The third-order valence-electron chi connectivity index (χ3n) is 6.20. The Kier molecular flexibility index (Phi) is 9.17. The SMILES string of the molecule is CCOc1ccc(S(=O)(=O)N(CC(=O)Nc2ccc(S(=O)(=O)Nc3ccc(C)cc3C)cc2)c2ccc(F)cc2)cc1.